The smallest absolute Gasteiger partial charge is 0.130 e. The van der Waals surface area contributed by atoms with Gasteiger partial charge in [-0.1, -0.05) is 5.21 Å². The highest BCUT2D eigenvalue weighted by atomic mass is 16.3. The maximum atomic E-state index is 8.98. The van der Waals surface area contributed by atoms with Crippen molar-refractivity contribution in [3.05, 3.63) is 11.4 Å². The first-order valence-corrected chi connectivity index (χ1v) is 4.27. The summed E-state index contributed by atoms with van der Waals surface area (Å²) in [6.07, 6.45) is 2.23. The molecule has 0 spiro atoms. The number of hydrogen-bond donors (Lipinski definition) is 1. The second kappa shape index (κ2) is 3.15. The van der Waals surface area contributed by atoms with Crippen molar-refractivity contribution >= 4 is 0 Å². The SMILES string of the molecule is N#CCn1nnc(CO)c1C1CC1. The van der Waals surface area contributed by atoms with Gasteiger partial charge in [0.1, 0.15) is 12.2 Å². The first-order chi connectivity index (χ1) is 6.36. The lowest BCUT2D eigenvalue weighted by molar-refractivity contribution is 0.275. The Morgan fingerprint density at radius 1 is 1.62 bits per heavy atom. The van der Waals surface area contributed by atoms with Crippen LogP contribution < -0.4 is 0 Å². The van der Waals surface area contributed by atoms with Crippen LogP contribution >= 0.6 is 0 Å². The fourth-order valence-corrected chi connectivity index (χ4v) is 1.46. The summed E-state index contributed by atoms with van der Waals surface area (Å²) in [7, 11) is 0. The van der Waals surface area contributed by atoms with E-state index < -0.39 is 0 Å². The zero-order valence-electron chi connectivity index (χ0n) is 7.14. The van der Waals surface area contributed by atoms with E-state index in [0.29, 0.717) is 11.6 Å². The molecule has 1 saturated carbocycles. The number of aliphatic hydroxyl groups excluding tert-OH is 1. The molecule has 1 heterocycles. The van der Waals surface area contributed by atoms with E-state index in [1.54, 1.807) is 4.68 Å². The van der Waals surface area contributed by atoms with E-state index in [1.165, 1.54) is 0 Å². The molecule has 1 aliphatic rings. The molecule has 5 nitrogen and oxygen atoms in total. The molecular formula is C8H10N4O. The maximum Gasteiger partial charge on any atom is 0.130 e. The molecule has 0 unspecified atom stereocenters. The third-order valence-corrected chi connectivity index (χ3v) is 2.18. The van der Waals surface area contributed by atoms with Gasteiger partial charge in [0.25, 0.3) is 0 Å². The lowest BCUT2D eigenvalue weighted by atomic mass is 10.2. The van der Waals surface area contributed by atoms with Crippen LogP contribution in [0.2, 0.25) is 0 Å². The molecule has 1 aliphatic carbocycles. The highest BCUT2D eigenvalue weighted by Crippen LogP contribution is 2.41. The minimum Gasteiger partial charge on any atom is -0.390 e. The summed E-state index contributed by atoms with van der Waals surface area (Å²) in [6.45, 7) is 0.135. The molecule has 0 saturated heterocycles. The predicted molar refractivity (Wildman–Crippen MR) is 43.5 cm³/mol. The lowest BCUT2D eigenvalue weighted by Crippen LogP contribution is -2.03. The molecule has 0 atom stereocenters. The van der Waals surface area contributed by atoms with Crippen LogP contribution in [0.1, 0.15) is 30.1 Å². The van der Waals surface area contributed by atoms with Crippen LogP contribution in [-0.2, 0) is 13.2 Å². The second-order valence-corrected chi connectivity index (χ2v) is 3.17. The van der Waals surface area contributed by atoms with Crippen molar-refractivity contribution in [2.45, 2.75) is 31.9 Å². The number of aliphatic hydroxyl groups is 1. The molecule has 0 radical (unpaired) electrons. The summed E-state index contributed by atoms with van der Waals surface area (Å²) in [5.74, 6) is 0.463. The Morgan fingerprint density at radius 3 is 2.92 bits per heavy atom. The van der Waals surface area contributed by atoms with E-state index in [0.717, 1.165) is 18.5 Å². The summed E-state index contributed by atoms with van der Waals surface area (Å²) in [5.41, 5.74) is 1.57. The fraction of sp³-hybridized carbons (Fsp3) is 0.625. The number of hydrogen-bond acceptors (Lipinski definition) is 4. The third-order valence-electron chi connectivity index (χ3n) is 2.18. The number of aromatic nitrogens is 3. The first-order valence-electron chi connectivity index (χ1n) is 4.27. The Kier molecular flexibility index (Phi) is 1.99. The van der Waals surface area contributed by atoms with Crippen LogP contribution in [0.3, 0.4) is 0 Å². The largest absolute Gasteiger partial charge is 0.390 e. The minimum absolute atomic E-state index is 0.0860. The molecule has 2 rings (SSSR count). The molecule has 1 aromatic heterocycles. The van der Waals surface area contributed by atoms with Crippen molar-refractivity contribution in [1.29, 1.82) is 5.26 Å². The first kappa shape index (κ1) is 8.20. The van der Waals surface area contributed by atoms with Crippen molar-refractivity contribution in [3.8, 4) is 6.07 Å². The lowest BCUT2D eigenvalue weighted by Gasteiger charge is -2.00. The molecule has 1 fully saturated rings. The van der Waals surface area contributed by atoms with Gasteiger partial charge in [-0.15, -0.1) is 5.10 Å². The Balaban J connectivity index is 2.34. The van der Waals surface area contributed by atoms with Gasteiger partial charge >= 0.3 is 0 Å². The highest BCUT2D eigenvalue weighted by Gasteiger charge is 2.30. The molecule has 0 amide bonds. The van der Waals surface area contributed by atoms with Gasteiger partial charge in [-0.25, -0.2) is 4.68 Å². The van der Waals surface area contributed by atoms with E-state index >= 15 is 0 Å². The van der Waals surface area contributed by atoms with Gasteiger partial charge in [0, 0.05) is 5.92 Å². The normalized spacial score (nSPS) is 15.7. The van der Waals surface area contributed by atoms with E-state index in [9.17, 15) is 0 Å². The Labute approximate surface area is 75.6 Å². The molecule has 1 N–H and O–H groups in total. The van der Waals surface area contributed by atoms with Gasteiger partial charge in [0.05, 0.1) is 18.4 Å². The summed E-state index contributed by atoms with van der Waals surface area (Å²) in [5, 5.41) is 25.2. The van der Waals surface area contributed by atoms with E-state index in [1.807, 2.05) is 6.07 Å². The van der Waals surface area contributed by atoms with E-state index in [4.69, 9.17) is 10.4 Å². The van der Waals surface area contributed by atoms with Crippen LogP contribution in [-0.4, -0.2) is 20.1 Å². The highest BCUT2D eigenvalue weighted by molar-refractivity contribution is 5.20. The molecular weight excluding hydrogens is 168 g/mol. The molecule has 5 heteroatoms. The fourth-order valence-electron chi connectivity index (χ4n) is 1.46. The zero-order chi connectivity index (χ0) is 9.26. The van der Waals surface area contributed by atoms with Crippen LogP contribution in [0.25, 0.3) is 0 Å². The van der Waals surface area contributed by atoms with Crippen molar-refractivity contribution in [3.63, 3.8) is 0 Å². The molecule has 0 bridgehead atoms. The van der Waals surface area contributed by atoms with Gasteiger partial charge in [-0.3, -0.25) is 0 Å². The van der Waals surface area contributed by atoms with Gasteiger partial charge in [0.2, 0.25) is 0 Å². The average Bonchev–Trinajstić information content (AvgIpc) is 2.89. The molecule has 0 aliphatic heterocycles. The minimum atomic E-state index is -0.0860. The van der Waals surface area contributed by atoms with Crippen LogP contribution in [0, 0.1) is 11.3 Å². The van der Waals surface area contributed by atoms with Gasteiger partial charge < -0.3 is 5.11 Å². The van der Waals surface area contributed by atoms with Gasteiger partial charge in [-0.05, 0) is 12.8 Å². The second-order valence-electron chi connectivity index (χ2n) is 3.17. The summed E-state index contributed by atoms with van der Waals surface area (Å²) in [6, 6.07) is 2.02. The van der Waals surface area contributed by atoms with E-state index in [2.05, 4.69) is 10.3 Å². The summed E-state index contributed by atoms with van der Waals surface area (Å²) < 4.78 is 1.59. The van der Waals surface area contributed by atoms with Crippen LogP contribution in [0.4, 0.5) is 0 Å². The molecule has 1 aromatic rings. The van der Waals surface area contributed by atoms with Gasteiger partial charge in [-0.2, -0.15) is 5.26 Å². The standard InChI is InChI=1S/C8H10N4O/c9-3-4-12-8(6-1-2-6)7(5-13)10-11-12/h6,13H,1-2,4-5H2. The van der Waals surface area contributed by atoms with Crippen LogP contribution in [0.15, 0.2) is 0 Å². The number of rotatable bonds is 3. The van der Waals surface area contributed by atoms with Crippen molar-refractivity contribution < 1.29 is 5.11 Å². The van der Waals surface area contributed by atoms with E-state index in [-0.39, 0.29) is 13.2 Å². The Morgan fingerprint density at radius 2 is 2.38 bits per heavy atom. The van der Waals surface area contributed by atoms with Gasteiger partial charge in [0.15, 0.2) is 0 Å². The van der Waals surface area contributed by atoms with Crippen molar-refractivity contribution in [2.24, 2.45) is 0 Å². The number of nitriles is 1. The van der Waals surface area contributed by atoms with Crippen molar-refractivity contribution in [2.75, 3.05) is 0 Å². The average molecular weight is 178 g/mol. The molecule has 68 valence electrons. The van der Waals surface area contributed by atoms with Crippen LogP contribution in [0.5, 0.6) is 0 Å². The maximum absolute atomic E-state index is 8.98. The summed E-state index contributed by atoms with van der Waals surface area (Å²) >= 11 is 0. The quantitative estimate of drug-likeness (QED) is 0.716. The molecule has 0 aromatic carbocycles. The third kappa shape index (κ3) is 1.40. The zero-order valence-corrected chi connectivity index (χ0v) is 7.14. The number of nitrogens with zero attached hydrogens (tertiary/aromatic N) is 4. The monoisotopic (exact) mass is 178 g/mol. The predicted octanol–water partition coefficient (Wildman–Crippen LogP) is 0.171. The Bertz CT molecular complexity index is 348. The Hall–Kier alpha value is -1.41. The topological polar surface area (TPSA) is 74.7 Å². The molecule has 13 heavy (non-hydrogen) atoms. The van der Waals surface area contributed by atoms with Crippen molar-refractivity contribution in [1.82, 2.24) is 15.0 Å². The summed E-state index contributed by atoms with van der Waals surface area (Å²) in [4.78, 5) is 0.